The summed E-state index contributed by atoms with van der Waals surface area (Å²) in [6.07, 6.45) is 71.6. The van der Waals surface area contributed by atoms with Gasteiger partial charge >= 0.3 is 0 Å². The Morgan fingerprint density at radius 2 is 1.52 bits per heavy atom. The van der Waals surface area contributed by atoms with Crippen molar-refractivity contribution in [1.29, 1.82) is 0 Å². The van der Waals surface area contributed by atoms with Gasteiger partial charge in [-0.1, -0.05) is 148 Å². The van der Waals surface area contributed by atoms with Crippen molar-refractivity contribution < 1.29 is 4.74 Å². The maximum absolute atomic E-state index is 7.16. The SMILES string of the molecule is CC1(C)C2=C(C=CC(N(C3=CCC(C4C=CC5C(C4)C4C6=C(C=CCC6)CCC4C54C5C=CC=CC5OC5CCCCC54)C=C3)C3CCC=CC3C3C=CCCC3)C2)C2CCCCC21. The Morgan fingerprint density at radius 3 is 2.41 bits per heavy atom. The summed E-state index contributed by atoms with van der Waals surface area (Å²) in [4.78, 5) is 3.03. The van der Waals surface area contributed by atoms with Crippen molar-refractivity contribution in [3.05, 3.63) is 131 Å². The molecular formula is C62H79NO. The van der Waals surface area contributed by atoms with E-state index in [1.54, 1.807) is 11.1 Å². The molecule has 0 aromatic carbocycles. The Bertz CT molecular complexity index is 2200. The van der Waals surface area contributed by atoms with Gasteiger partial charge in [0.05, 0.1) is 18.2 Å². The van der Waals surface area contributed by atoms with Crippen LogP contribution in [0.5, 0.6) is 0 Å². The van der Waals surface area contributed by atoms with Crippen LogP contribution in [0.3, 0.4) is 0 Å². The molecule has 64 heavy (non-hydrogen) atoms. The van der Waals surface area contributed by atoms with Gasteiger partial charge in [-0.05, 0) is 190 Å². The third kappa shape index (κ3) is 6.31. The van der Waals surface area contributed by atoms with Crippen LogP contribution in [0.1, 0.15) is 142 Å². The summed E-state index contributed by atoms with van der Waals surface area (Å²) in [5.74, 6) is 8.22. The topological polar surface area (TPSA) is 12.5 Å². The molecule has 12 aliphatic carbocycles. The van der Waals surface area contributed by atoms with Gasteiger partial charge in [0.1, 0.15) is 0 Å². The minimum atomic E-state index is 0.253. The molecule has 4 fully saturated rings. The first kappa shape index (κ1) is 41.1. The first-order valence-electron chi connectivity index (χ1n) is 27.5. The highest BCUT2D eigenvalue weighted by molar-refractivity contribution is 5.45. The zero-order chi connectivity index (χ0) is 42.6. The minimum absolute atomic E-state index is 0.253. The van der Waals surface area contributed by atoms with E-state index in [-0.39, 0.29) is 6.10 Å². The summed E-state index contributed by atoms with van der Waals surface area (Å²) in [5.41, 5.74) is 9.37. The summed E-state index contributed by atoms with van der Waals surface area (Å²) in [7, 11) is 0. The molecule has 0 aromatic rings. The number of allylic oxidation sites excluding steroid dienone is 16. The largest absolute Gasteiger partial charge is 0.370 e. The predicted octanol–water partition coefficient (Wildman–Crippen LogP) is 15.1. The number of hydrogen-bond acceptors (Lipinski definition) is 2. The highest BCUT2D eigenvalue weighted by Gasteiger charge is 2.70. The highest BCUT2D eigenvalue weighted by atomic mass is 16.5. The van der Waals surface area contributed by atoms with Crippen LogP contribution in [0.15, 0.2) is 131 Å². The monoisotopic (exact) mass is 854 g/mol. The van der Waals surface area contributed by atoms with Crippen LogP contribution in [-0.2, 0) is 4.74 Å². The summed E-state index contributed by atoms with van der Waals surface area (Å²) in [6.45, 7) is 5.26. The van der Waals surface area contributed by atoms with Crippen LogP contribution in [0.2, 0.25) is 0 Å². The fourth-order valence-electron chi connectivity index (χ4n) is 19.1. The second-order valence-corrected chi connectivity index (χ2v) is 24.2. The van der Waals surface area contributed by atoms with Gasteiger partial charge in [-0.3, -0.25) is 0 Å². The zero-order valence-electron chi connectivity index (χ0n) is 39.6. The Morgan fingerprint density at radius 1 is 0.641 bits per heavy atom. The molecule has 13 aliphatic rings. The molecule has 3 saturated carbocycles. The Labute approximate surface area is 387 Å². The lowest BCUT2D eigenvalue weighted by Crippen LogP contribution is -2.60. The normalized spacial score (nSPS) is 46.8. The van der Waals surface area contributed by atoms with Gasteiger partial charge in [0.25, 0.3) is 0 Å². The summed E-state index contributed by atoms with van der Waals surface area (Å²) in [5, 5.41) is 0. The molecular weight excluding hydrogens is 775 g/mol. The summed E-state index contributed by atoms with van der Waals surface area (Å²) in [6, 6.07) is 0.984. The second kappa shape index (κ2) is 16.3. The van der Waals surface area contributed by atoms with E-state index in [2.05, 4.69) is 122 Å². The maximum atomic E-state index is 7.16. The van der Waals surface area contributed by atoms with E-state index in [0.29, 0.717) is 70.4 Å². The number of ether oxygens (including phenoxy) is 1. The van der Waals surface area contributed by atoms with Crippen molar-refractivity contribution >= 4 is 0 Å². The molecule has 0 radical (unpaired) electrons. The average Bonchev–Trinajstić information content (AvgIpc) is 3.77. The van der Waals surface area contributed by atoms with Gasteiger partial charge in [-0.15, -0.1) is 0 Å². The molecule has 2 heteroatoms. The van der Waals surface area contributed by atoms with E-state index >= 15 is 0 Å². The lowest BCUT2D eigenvalue weighted by molar-refractivity contribution is -0.199. The summed E-state index contributed by atoms with van der Waals surface area (Å²) >= 11 is 0. The first-order valence-corrected chi connectivity index (χ1v) is 27.5. The Balaban J connectivity index is 0.829. The van der Waals surface area contributed by atoms with Crippen LogP contribution >= 0.6 is 0 Å². The van der Waals surface area contributed by atoms with Crippen molar-refractivity contribution in [3.63, 3.8) is 0 Å². The zero-order valence-corrected chi connectivity index (χ0v) is 39.6. The molecule has 0 N–H and O–H groups in total. The van der Waals surface area contributed by atoms with Crippen molar-refractivity contribution in [3.8, 4) is 0 Å². The predicted molar refractivity (Wildman–Crippen MR) is 264 cm³/mol. The van der Waals surface area contributed by atoms with E-state index in [4.69, 9.17) is 4.74 Å². The molecule has 0 aromatic heterocycles. The molecule has 1 heterocycles. The molecule has 1 saturated heterocycles. The van der Waals surface area contributed by atoms with Crippen LogP contribution in [0.25, 0.3) is 0 Å². The van der Waals surface area contributed by atoms with E-state index in [9.17, 15) is 0 Å². The first-order chi connectivity index (χ1) is 31.5. The molecule has 2 nitrogen and oxygen atoms in total. The van der Waals surface area contributed by atoms with Crippen molar-refractivity contribution in [1.82, 2.24) is 4.90 Å². The van der Waals surface area contributed by atoms with Gasteiger partial charge in [-0.2, -0.15) is 0 Å². The lowest BCUT2D eigenvalue weighted by atomic mass is 9.48. The van der Waals surface area contributed by atoms with E-state index < -0.39 is 0 Å². The van der Waals surface area contributed by atoms with Gasteiger partial charge in [-0.25, -0.2) is 0 Å². The molecule has 0 bridgehead atoms. The molecule has 17 unspecified atom stereocenters. The van der Waals surface area contributed by atoms with Crippen molar-refractivity contribution in [2.45, 2.75) is 167 Å². The van der Waals surface area contributed by atoms with E-state index in [1.165, 1.54) is 134 Å². The van der Waals surface area contributed by atoms with Crippen LogP contribution < -0.4 is 0 Å². The average molecular weight is 854 g/mol. The highest BCUT2D eigenvalue weighted by Crippen LogP contribution is 2.73. The van der Waals surface area contributed by atoms with E-state index in [0.717, 1.165) is 29.6 Å². The van der Waals surface area contributed by atoms with Crippen LogP contribution in [0, 0.1) is 81.8 Å². The van der Waals surface area contributed by atoms with Crippen LogP contribution in [0.4, 0.5) is 0 Å². The van der Waals surface area contributed by atoms with Gasteiger partial charge in [0, 0.05) is 23.6 Å². The quantitative estimate of drug-likeness (QED) is 0.256. The van der Waals surface area contributed by atoms with E-state index in [1.807, 2.05) is 11.1 Å². The lowest BCUT2D eigenvalue weighted by Gasteiger charge is -2.61. The smallest absolute Gasteiger partial charge is 0.0831 e. The third-order valence-corrected chi connectivity index (χ3v) is 21.5. The molecule has 1 aliphatic heterocycles. The van der Waals surface area contributed by atoms with Crippen molar-refractivity contribution in [2.75, 3.05) is 0 Å². The summed E-state index contributed by atoms with van der Waals surface area (Å²) < 4.78 is 7.16. The Hall–Kier alpha value is -3.10. The van der Waals surface area contributed by atoms with Gasteiger partial charge < -0.3 is 9.64 Å². The number of hydrogen-bond donors (Lipinski definition) is 0. The molecule has 17 atom stereocenters. The maximum Gasteiger partial charge on any atom is 0.0831 e. The fourth-order valence-corrected chi connectivity index (χ4v) is 19.1. The van der Waals surface area contributed by atoms with Gasteiger partial charge in [0.15, 0.2) is 0 Å². The van der Waals surface area contributed by atoms with Crippen LogP contribution in [-0.4, -0.2) is 29.2 Å². The molecule has 13 rings (SSSR count). The van der Waals surface area contributed by atoms with Crippen molar-refractivity contribution in [2.24, 2.45) is 81.8 Å². The molecule has 338 valence electrons. The molecule has 0 amide bonds. The fraction of sp³-hybridized carbons (Fsp3) is 0.645. The molecule has 1 spiro atoms. The third-order valence-electron chi connectivity index (χ3n) is 21.5. The number of fused-ring (bicyclic) bond motifs is 12. The standard InChI is InChI=1S/C62H79NO/c1-61(2)51-22-10-8-21-48(51)49-35-34-45(39-56(49)61)63(57-25-13-9-19-46(57)41-16-4-3-5-17-41)44-32-28-40(29-33-44)43-31-36-52-50(38-43)60-47-20-7-6-18-42(47)30-37-55(60)62(52)53-23-11-14-26-58(53)64-59-27-15-12-24-54(59)62/h4,6,9,11,14,16,18-19,23,26,28,31-36,40-41,43,45-46,48,50-55,57-60H,3,5,7-8,10,12-13,15,17,20-22,24-25,27,29-30,37-39H2,1-2H3. The second-order valence-electron chi connectivity index (χ2n) is 24.2. The minimum Gasteiger partial charge on any atom is -0.370 e. The Kier molecular flexibility index (Phi) is 10.5. The number of nitrogens with zero attached hydrogens (tertiary/aromatic N) is 1. The number of rotatable bonds is 5. The van der Waals surface area contributed by atoms with Gasteiger partial charge in [0.2, 0.25) is 0 Å².